The molecule has 0 aromatic rings. The van der Waals surface area contributed by atoms with Gasteiger partial charge in [-0.25, -0.2) is 0 Å². The molecule has 8 heteroatoms. The minimum atomic E-state index is -2.87. The first-order chi connectivity index (χ1) is 20.0. The van der Waals surface area contributed by atoms with E-state index in [2.05, 4.69) is 56.2 Å². The Morgan fingerprint density at radius 2 is 0.683 bits per heavy atom. The van der Waals surface area contributed by atoms with Gasteiger partial charge in [-0.2, -0.15) is 0 Å². The van der Waals surface area contributed by atoms with Crippen molar-refractivity contribution >= 4 is 20.4 Å². The van der Waals surface area contributed by atoms with E-state index in [4.69, 9.17) is 24.9 Å². The minimum absolute atomic E-state index is 0.613. The van der Waals surface area contributed by atoms with Crippen molar-refractivity contribution in [3.05, 3.63) is 0 Å². The van der Waals surface area contributed by atoms with Crippen LogP contribution in [0.3, 0.4) is 0 Å². The summed E-state index contributed by atoms with van der Waals surface area (Å²) in [6.45, 7) is 25.4. The maximum Gasteiger partial charge on any atom is 0.501 e. The van der Waals surface area contributed by atoms with E-state index in [0.717, 1.165) is 71.4 Å². The molecular weight excluding hydrogens is 550 g/mol. The summed E-state index contributed by atoms with van der Waals surface area (Å²) in [5.74, 6) is 0.613. The summed E-state index contributed by atoms with van der Waals surface area (Å²) in [6, 6.07) is 0.800. The number of nitrogens with zero attached hydrogens (tertiary/aromatic N) is 3. The molecule has 248 valence electrons. The highest BCUT2D eigenvalue weighted by Gasteiger charge is 2.41. The lowest BCUT2D eigenvalue weighted by atomic mass is 10.2. The van der Waals surface area contributed by atoms with E-state index in [1.165, 1.54) is 77.0 Å². The minimum Gasteiger partial charge on any atom is -0.372 e. The van der Waals surface area contributed by atoms with Crippen LogP contribution in [0.15, 0.2) is 0 Å². The molecule has 0 aliphatic rings. The van der Waals surface area contributed by atoms with Crippen LogP contribution in [0.4, 0.5) is 0 Å². The predicted octanol–water partition coefficient (Wildman–Crippen LogP) is 8.31. The molecule has 0 aromatic heterocycles. The van der Waals surface area contributed by atoms with Gasteiger partial charge in [0.15, 0.2) is 0 Å². The zero-order chi connectivity index (χ0) is 30.4. The third kappa shape index (κ3) is 23.3. The second-order valence-electron chi connectivity index (χ2n) is 11.7. The van der Waals surface area contributed by atoms with E-state index in [1.807, 2.05) is 0 Å². The van der Waals surface area contributed by atoms with Crippen molar-refractivity contribution in [3.8, 4) is 0 Å². The van der Waals surface area contributed by atoms with E-state index < -0.39 is 8.80 Å². The highest BCUT2D eigenvalue weighted by Crippen LogP contribution is 2.20. The number of halogens is 1. The van der Waals surface area contributed by atoms with Crippen LogP contribution in [0.1, 0.15) is 125 Å². The predicted molar refractivity (Wildman–Crippen MR) is 183 cm³/mol. The highest BCUT2D eigenvalue weighted by molar-refractivity contribution is 6.60. The molecule has 0 rings (SSSR count). The third-order valence-electron chi connectivity index (χ3n) is 7.77. The molecule has 0 saturated heterocycles. The van der Waals surface area contributed by atoms with Crippen LogP contribution in [-0.4, -0.2) is 108 Å². The standard InChI is InChI=1S/C33H72ClN3O3Si/c1-7-13-21-35(22-14-8-2)27-30-38-41(33-19-20-34,39-31-28-36(23-15-9-3)24-16-10-4)40-32-29-37(25-17-11-5)26-18-12-6/h7-33H2,1-6H3. The number of rotatable bonds is 33. The zero-order valence-electron chi connectivity index (χ0n) is 28.5. The summed E-state index contributed by atoms with van der Waals surface area (Å²) < 4.78 is 20.3. The molecule has 0 aliphatic carbocycles. The fourth-order valence-electron chi connectivity index (χ4n) is 4.91. The van der Waals surface area contributed by atoms with E-state index >= 15 is 0 Å². The van der Waals surface area contributed by atoms with Crippen molar-refractivity contribution in [3.63, 3.8) is 0 Å². The molecule has 6 nitrogen and oxygen atoms in total. The molecule has 0 N–H and O–H groups in total. The molecule has 0 atom stereocenters. The first-order valence-electron chi connectivity index (χ1n) is 17.7. The van der Waals surface area contributed by atoms with Crippen molar-refractivity contribution in [1.82, 2.24) is 14.7 Å². The fourth-order valence-corrected chi connectivity index (χ4v) is 7.77. The van der Waals surface area contributed by atoms with E-state index in [9.17, 15) is 0 Å². The van der Waals surface area contributed by atoms with Gasteiger partial charge in [-0.15, -0.1) is 11.6 Å². The lowest BCUT2D eigenvalue weighted by molar-refractivity contribution is 0.0379. The number of alkyl halides is 1. The highest BCUT2D eigenvalue weighted by atomic mass is 35.5. The Morgan fingerprint density at radius 1 is 0.415 bits per heavy atom. The first kappa shape index (κ1) is 41.3. The van der Waals surface area contributed by atoms with Gasteiger partial charge in [0.2, 0.25) is 0 Å². The van der Waals surface area contributed by atoms with Crippen LogP contribution >= 0.6 is 11.6 Å². The van der Waals surface area contributed by atoms with Crippen LogP contribution in [0.5, 0.6) is 0 Å². The Balaban J connectivity index is 5.52. The summed E-state index contributed by atoms with van der Waals surface area (Å²) in [5.41, 5.74) is 0. The van der Waals surface area contributed by atoms with Crippen LogP contribution in [-0.2, 0) is 13.3 Å². The second kappa shape index (κ2) is 30.3. The van der Waals surface area contributed by atoms with Crippen molar-refractivity contribution in [2.75, 3.05) is 84.6 Å². The molecule has 0 fully saturated rings. The summed E-state index contributed by atoms with van der Waals surface area (Å²) in [5, 5.41) is 0. The second-order valence-corrected chi connectivity index (χ2v) is 14.8. The van der Waals surface area contributed by atoms with Gasteiger partial charge in [-0.1, -0.05) is 80.1 Å². The molecule has 0 aliphatic heterocycles. The Morgan fingerprint density at radius 3 is 0.902 bits per heavy atom. The first-order valence-corrected chi connectivity index (χ1v) is 20.2. The maximum absolute atomic E-state index is 6.77. The average Bonchev–Trinajstić information content (AvgIpc) is 2.99. The van der Waals surface area contributed by atoms with Crippen molar-refractivity contribution in [2.45, 2.75) is 131 Å². The molecule has 0 unspecified atom stereocenters. The third-order valence-corrected chi connectivity index (χ3v) is 10.9. The fraction of sp³-hybridized carbons (Fsp3) is 1.00. The lowest BCUT2D eigenvalue weighted by Gasteiger charge is -2.33. The zero-order valence-corrected chi connectivity index (χ0v) is 30.3. The quantitative estimate of drug-likeness (QED) is 0.0542. The molecule has 0 spiro atoms. The molecule has 0 bridgehead atoms. The monoisotopic (exact) mass is 622 g/mol. The molecule has 0 amide bonds. The van der Waals surface area contributed by atoms with Gasteiger partial charge in [0.1, 0.15) is 0 Å². The Labute approximate surface area is 263 Å². The van der Waals surface area contributed by atoms with Crippen LogP contribution < -0.4 is 0 Å². The van der Waals surface area contributed by atoms with Crippen LogP contribution in [0, 0.1) is 0 Å². The lowest BCUT2D eigenvalue weighted by Crippen LogP contribution is -2.50. The smallest absolute Gasteiger partial charge is 0.372 e. The average molecular weight is 622 g/mol. The van der Waals surface area contributed by atoms with E-state index in [1.54, 1.807) is 0 Å². The van der Waals surface area contributed by atoms with Crippen molar-refractivity contribution in [2.24, 2.45) is 0 Å². The van der Waals surface area contributed by atoms with E-state index in [-0.39, 0.29) is 0 Å². The normalized spacial score (nSPS) is 12.4. The van der Waals surface area contributed by atoms with Gasteiger partial charge >= 0.3 is 8.80 Å². The van der Waals surface area contributed by atoms with Crippen molar-refractivity contribution in [1.29, 1.82) is 0 Å². The number of unbranched alkanes of at least 4 members (excludes halogenated alkanes) is 6. The van der Waals surface area contributed by atoms with Gasteiger partial charge in [-0.3, -0.25) is 0 Å². The van der Waals surface area contributed by atoms with Gasteiger partial charge in [-0.05, 0) is 84.2 Å². The van der Waals surface area contributed by atoms with Gasteiger partial charge in [0.25, 0.3) is 0 Å². The van der Waals surface area contributed by atoms with Gasteiger partial charge < -0.3 is 28.0 Å². The summed E-state index contributed by atoms with van der Waals surface area (Å²) in [6.07, 6.45) is 15.7. The van der Waals surface area contributed by atoms with Crippen LogP contribution in [0.25, 0.3) is 0 Å². The largest absolute Gasteiger partial charge is 0.501 e. The summed E-state index contributed by atoms with van der Waals surface area (Å²) in [4.78, 5) is 7.71. The SMILES string of the molecule is CCCCN(CCCC)CCO[Si](CCCCl)(OCCN(CCCC)CCCC)OCCN(CCCC)CCCC. The Kier molecular flexibility index (Phi) is 30.5. The maximum atomic E-state index is 6.77. The van der Waals surface area contributed by atoms with Crippen molar-refractivity contribution < 1.29 is 13.3 Å². The van der Waals surface area contributed by atoms with Gasteiger partial charge in [0.05, 0.1) is 19.8 Å². The molecule has 0 aromatic carbocycles. The number of hydrogen-bond acceptors (Lipinski definition) is 6. The summed E-state index contributed by atoms with van der Waals surface area (Å²) >= 11 is 6.24. The number of hydrogen-bond donors (Lipinski definition) is 0. The topological polar surface area (TPSA) is 37.4 Å². The van der Waals surface area contributed by atoms with Crippen LogP contribution in [0.2, 0.25) is 6.04 Å². The molecular formula is C33H72ClN3O3Si. The molecule has 41 heavy (non-hydrogen) atoms. The van der Waals surface area contributed by atoms with E-state index in [0.29, 0.717) is 25.7 Å². The molecule has 0 heterocycles. The summed E-state index contributed by atoms with van der Waals surface area (Å²) in [7, 11) is -2.87. The van der Waals surface area contributed by atoms with Gasteiger partial charge in [0, 0.05) is 31.6 Å². The Bertz CT molecular complexity index is 447. The molecule has 0 radical (unpaired) electrons. The molecule has 0 saturated carbocycles. The Hall–Kier alpha value is 0.267.